The van der Waals surface area contributed by atoms with E-state index in [2.05, 4.69) is 10.0 Å². The van der Waals surface area contributed by atoms with Crippen molar-refractivity contribution in [2.75, 3.05) is 25.0 Å². The van der Waals surface area contributed by atoms with Gasteiger partial charge in [-0.15, -0.1) is 0 Å². The molecule has 2 aromatic rings. The summed E-state index contributed by atoms with van der Waals surface area (Å²) in [6.07, 6.45) is 5.79. The molecule has 184 valence electrons. The van der Waals surface area contributed by atoms with E-state index >= 15 is 0 Å². The standard InChI is InChI=1S/C25H33N3O5S/c1-2-33-25(30)28-16-14-19(15-17-28)27-34(31,32)23-13-7-10-20-21(23)11-6-12-22(20)26-24(29)18-8-4-3-5-9-18/h6-7,10-13,18-19,27H,2-5,8-9,14-17H2,1H3,(H,26,29). The van der Waals surface area contributed by atoms with Gasteiger partial charge >= 0.3 is 6.09 Å². The van der Waals surface area contributed by atoms with Gasteiger partial charge in [0.25, 0.3) is 0 Å². The van der Waals surface area contributed by atoms with E-state index in [-0.39, 0.29) is 28.9 Å². The number of ether oxygens (including phenoxy) is 1. The fraction of sp³-hybridized carbons (Fsp3) is 0.520. The lowest BCUT2D eigenvalue weighted by Gasteiger charge is -2.31. The molecule has 0 unspecified atom stereocenters. The number of likely N-dealkylation sites (tertiary alicyclic amines) is 1. The number of hydrogen-bond donors (Lipinski definition) is 2. The first kappa shape index (κ1) is 24.5. The minimum atomic E-state index is -3.80. The number of piperidine rings is 1. The van der Waals surface area contributed by atoms with E-state index in [1.165, 1.54) is 6.42 Å². The molecule has 2 aliphatic rings. The van der Waals surface area contributed by atoms with Gasteiger partial charge in [0.1, 0.15) is 0 Å². The largest absolute Gasteiger partial charge is 0.450 e. The van der Waals surface area contributed by atoms with Crippen LogP contribution in [-0.4, -0.2) is 51.1 Å². The molecule has 1 heterocycles. The SMILES string of the molecule is CCOC(=O)N1CCC(NS(=O)(=O)c2cccc3c(NC(=O)C4CCCCC4)cccc23)CC1. The molecule has 2 fully saturated rings. The molecule has 0 bridgehead atoms. The Kier molecular flexibility index (Phi) is 7.73. The van der Waals surface area contributed by atoms with Gasteiger partial charge in [-0.25, -0.2) is 17.9 Å². The molecule has 1 aliphatic heterocycles. The molecule has 4 rings (SSSR count). The second kappa shape index (κ2) is 10.7. The number of sulfonamides is 1. The fourth-order valence-corrected chi connectivity index (χ4v) is 6.43. The summed E-state index contributed by atoms with van der Waals surface area (Å²) in [6.45, 7) is 2.96. The van der Waals surface area contributed by atoms with Crippen LogP contribution in [0.4, 0.5) is 10.5 Å². The number of hydrogen-bond acceptors (Lipinski definition) is 5. The average Bonchev–Trinajstić information content (AvgIpc) is 2.85. The summed E-state index contributed by atoms with van der Waals surface area (Å²) in [4.78, 5) is 26.5. The lowest BCUT2D eigenvalue weighted by Crippen LogP contribution is -2.46. The van der Waals surface area contributed by atoms with E-state index in [9.17, 15) is 18.0 Å². The summed E-state index contributed by atoms with van der Waals surface area (Å²) in [5.41, 5.74) is 0.632. The van der Waals surface area contributed by atoms with Crippen molar-refractivity contribution in [2.45, 2.75) is 62.8 Å². The highest BCUT2D eigenvalue weighted by Crippen LogP contribution is 2.31. The summed E-state index contributed by atoms with van der Waals surface area (Å²) >= 11 is 0. The number of anilines is 1. The molecular weight excluding hydrogens is 454 g/mol. The number of rotatable bonds is 6. The average molecular weight is 488 g/mol. The Hall–Kier alpha value is -2.65. The van der Waals surface area contributed by atoms with Gasteiger partial charge in [-0.3, -0.25) is 4.79 Å². The minimum Gasteiger partial charge on any atom is -0.450 e. The van der Waals surface area contributed by atoms with Crippen molar-refractivity contribution in [1.82, 2.24) is 9.62 Å². The second-order valence-corrected chi connectivity index (χ2v) is 10.7. The molecule has 0 aromatic heterocycles. The smallest absolute Gasteiger partial charge is 0.409 e. The second-order valence-electron chi connectivity index (χ2n) is 9.06. The number of carbonyl (C=O) groups excluding carboxylic acids is 2. The quantitative estimate of drug-likeness (QED) is 0.634. The van der Waals surface area contributed by atoms with Gasteiger partial charge in [-0.1, -0.05) is 43.5 Å². The normalized spacial score (nSPS) is 18.1. The van der Waals surface area contributed by atoms with Crippen molar-refractivity contribution in [3.05, 3.63) is 36.4 Å². The molecule has 1 saturated carbocycles. The first-order valence-electron chi connectivity index (χ1n) is 12.2. The third-order valence-electron chi connectivity index (χ3n) is 6.75. The van der Waals surface area contributed by atoms with E-state index in [1.54, 1.807) is 36.1 Å². The van der Waals surface area contributed by atoms with Crippen LogP contribution in [0, 0.1) is 5.92 Å². The van der Waals surface area contributed by atoms with Crippen molar-refractivity contribution >= 4 is 38.5 Å². The Morgan fingerprint density at radius 2 is 1.65 bits per heavy atom. The van der Waals surface area contributed by atoms with Crippen LogP contribution >= 0.6 is 0 Å². The molecule has 9 heteroatoms. The minimum absolute atomic E-state index is 0.00643. The van der Waals surface area contributed by atoms with Gasteiger partial charge in [0, 0.05) is 41.5 Å². The van der Waals surface area contributed by atoms with Crippen LogP contribution in [0.2, 0.25) is 0 Å². The van der Waals surface area contributed by atoms with Crippen molar-refractivity contribution in [3.8, 4) is 0 Å². The van der Waals surface area contributed by atoms with Crippen LogP contribution < -0.4 is 10.0 Å². The monoisotopic (exact) mass is 487 g/mol. The Labute approximate surface area is 201 Å². The topological polar surface area (TPSA) is 105 Å². The molecule has 2 amide bonds. The van der Waals surface area contributed by atoms with E-state index in [0.29, 0.717) is 49.0 Å². The Balaban J connectivity index is 1.50. The third kappa shape index (κ3) is 5.52. The van der Waals surface area contributed by atoms with Gasteiger partial charge in [0.2, 0.25) is 15.9 Å². The van der Waals surface area contributed by atoms with Crippen LogP contribution in [0.15, 0.2) is 41.3 Å². The number of amides is 2. The Bertz CT molecular complexity index is 1140. The molecular formula is C25H33N3O5S. The van der Waals surface area contributed by atoms with Crippen molar-refractivity contribution < 1.29 is 22.7 Å². The molecule has 0 atom stereocenters. The number of benzene rings is 2. The summed E-state index contributed by atoms with van der Waals surface area (Å²) in [6, 6.07) is 10.2. The summed E-state index contributed by atoms with van der Waals surface area (Å²) in [5.74, 6) is 0.0185. The highest BCUT2D eigenvalue weighted by Gasteiger charge is 2.28. The van der Waals surface area contributed by atoms with Crippen LogP contribution in [0.25, 0.3) is 10.8 Å². The number of nitrogens with one attached hydrogen (secondary N) is 2. The van der Waals surface area contributed by atoms with Gasteiger partial charge in [-0.05, 0) is 44.7 Å². The van der Waals surface area contributed by atoms with Gasteiger partial charge < -0.3 is 15.0 Å². The van der Waals surface area contributed by atoms with Crippen molar-refractivity contribution in [1.29, 1.82) is 0 Å². The molecule has 2 N–H and O–H groups in total. The fourth-order valence-electron chi connectivity index (χ4n) is 4.90. The lowest BCUT2D eigenvalue weighted by molar-refractivity contribution is -0.120. The van der Waals surface area contributed by atoms with Crippen LogP contribution in [0.5, 0.6) is 0 Å². The first-order chi connectivity index (χ1) is 16.4. The molecule has 8 nitrogen and oxygen atoms in total. The van der Waals surface area contributed by atoms with E-state index in [1.807, 2.05) is 12.1 Å². The van der Waals surface area contributed by atoms with E-state index in [0.717, 1.165) is 25.7 Å². The molecule has 1 saturated heterocycles. The van der Waals surface area contributed by atoms with Gasteiger partial charge in [0.05, 0.1) is 11.5 Å². The maximum absolute atomic E-state index is 13.3. The number of carbonyl (C=O) groups is 2. The summed E-state index contributed by atoms with van der Waals surface area (Å²) < 4.78 is 34.5. The Morgan fingerprint density at radius 3 is 2.35 bits per heavy atom. The predicted molar refractivity (Wildman–Crippen MR) is 131 cm³/mol. The molecule has 34 heavy (non-hydrogen) atoms. The zero-order valence-electron chi connectivity index (χ0n) is 19.6. The van der Waals surface area contributed by atoms with Gasteiger partial charge in [0.15, 0.2) is 0 Å². The molecule has 1 aliphatic carbocycles. The van der Waals surface area contributed by atoms with E-state index < -0.39 is 10.0 Å². The Morgan fingerprint density at radius 1 is 0.971 bits per heavy atom. The third-order valence-corrected chi connectivity index (χ3v) is 8.33. The summed E-state index contributed by atoms with van der Waals surface area (Å²) in [7, 11) is -3.80. The molecule has 2 aromatic carbocycles. The zero-order chi connectivity index (χ0) is 24.1. The maximum Gasteiger partial charge on any atom is 0.409 e. The van der Waals surface area contributed by atoms with Crippen molar-refractivity contribution in [3.63, 3.8) is 0 Å². The van der Waals surface area contributed by atoms with Crippen LogP contribution in [0.3, 0.4) is 0 Å². The molecule has 0 radical (unpaired) electrons. The zero-order valence-corrected chi connectivity index (χ0v) is 20.4. The van der Waals surface area contributed by atoms with Crippen molar-refractivity contribution in [2.24, 2.45) is 5.92 Å². The van der Waals surface area contributed by atoms with E-state index in [4.69, 9.17) is 4.74 Å². The number of nitrogens with zero attached hydrogens (tertiary/aromatic N) is 1. The van der Waals surface area contributed by atoms with Crippen LogP contribution in [-0.2, 0) is 19.6 Å². The first-order valence-corrected chi connectivity index (χ1v) is 13.6. The highest BCUT2D eigenvalue weighted by atomic mass is 32.2. The molecule has 0 spiro atoms. The number of fused-ring (bicyclic) bond motifs is 1. The highest BCUT2D eigenvalue weighted by molar-refractivity contribution is 7.89. The van der Waals surface area contributed by atoms with Crippen LogP contribution in [0.1, 0.15) is 51.9 Å². The summed E-state index contributed by atoms with van der Waals surface area (Å²) in [5, 5.41) is 4.31. The lowest BCUT2D eigenvalue weighted by atomic mass is 9.88. The van der Waals surface area contributed by atoms with Gasteiger partial charge in [-0.2, -0.15) is 0 Å². The maximum atomic E-state index is 13.3. The predicted octanol–water partition coefficient (Wildman–Crippen LogP) is 4.26.